The van der Waals surface area contributed by atoms with Crippen LogP contribution in [0.25, 0.3) is 0 Å². The van der Waals surface area contributed by atoms with Gasteiger partial charge in [-0.1, -0.05) is 13.8 Å². The molecule has 0 fully saturated rings. The lowest BCUT2D eigenvalue weighted by atomic mass is 10.3. The van der Waals surface area contributed by atoms with Crippen molar-refractivity contribution in [3.05, 3.63) is 24.3 Å². The molecule has 114 valence electrons. The molecule has 1 aromatic rings. The van der Waals surface area contributed by atoms with Gasteiger partial charge < -0.3 is 5.32 Å². The molecular formula is C11H19N3O4S2. The Morgan fingerprint density at radius 2 is 1.65 bits per heavy atom. The average molecular weight is 321 g/mol. The van der Waals surface area contributed by atoms with Gasteiger partial charge in [0.05, 0.1) is 10.6 Å². The van der Waals surface area contributed by atoms with Crippen LogP contribution in [0, 0.1) is 0 Å². The zero-order chi connectivity index (χ0) is 15.4. The molecule has 0 aliphatic rings. The quantitative estimate of drug-likeness (QED) is 0.657. The first-order valence-corrected chi connectivity index (χ1v) is 9.17. The number of rotatable bonds is 7. The van der Waals surface area contributed by atoms with Crippen molar-refractivity contribution >= 4 is 25.7 Å². The van der Waals surface area contributed by atoms with Gasteiger partial charge in [0.15, 0.2) is 0 Å². The maximum Gasteiger partial charge on any atom is 0.238 e. The third-order valence-electron chi connectivity index (χ3n) is 2.38. The van der Waals surface area contributed by atoms with Gasteiger partial charge in [0.25, 0.3) is 0 Å². The van der Waals surface area contributed by atoms with Gasteiger partial charge in [0, 0.05) is 18.3 Å². The summed E-state index contributed by atoms with van der Waals surface area (Å²) in [6.07, 6.45) is 0. The minimum Gasteiger partial charge on any atom is -0.313 e. The molecule has 0 radical (unpaired) electrons. The molecule has 9 heteroatoms. The highest BCUT2D eigenvalue weighted by Crippen LogP contribution is 2.13. The molecule has 0 heterocycles. The maximum absolute atomic E-state index is 11.8. The van der Waals surface area contributed by atoms with Crippen molar-refractivity contribution in [3.8, 4) is 0 Å². The predicted molar refractivity (Wildman–Crippen MR) is 78.4 cm³/mol. The van der Waals surface area contributed by atoms with Crippen molar-refractivity contribution < 1.29 is 16.8 Å². The Labute approximate surface area is 119 Å². The van der Waals surface area contributed by atoms with Crippen LogP contribution in [0.15, 0.2) is 29.2 Å². The summed E-state index contributed by atoms with van der Waals surface area (Å²) in [5.41, 5.74) is 0.293. The lowest BCUT2D eigenvalue weighted by Gasteiger charge is -2.10. The van der Waals surface area contributed by atoms with Crippen molar-refractivity contribution in [1.82, 2.24) is 5.32 Å². The molecular weight excluding hydrogens is 302 g/mol. The second-order valence-electron chi connectivity index (χ2n) is 4.60. The fourth-order valence-corrected chi connectivity index (χ4v) is 2.92. The van der Waals surface area contributed by atoms with Crippen LogP contribution in [0.4, 0.5) is 5.69 Å². The largest absolute Gasteiger partial charge is 0.313 e. The number of hydrogen-bond donors (Lipinski definition) is 3. The van der Waals surface area contributed by atoms with E-state index in [0.29, 0.717) is 12.2 Å². The first-order valence-electron chi connectivity index (χ1n) is 5.97. The lowest BCUT2D eigenvalue weighted by molar-refractivity contribution is 0.582. The van der Waals surface area contributed by atoms with Crippen LogP contribution in [0.1, 0.15) is 13.8 Å². The number of hydrogen-bond acceptors (Lipinski definition) is 5. The van der Waals surface area contributed by atoms with E-state index in [1.807, 2.05) is 13.8 Å². The number of benzene rings is 1. The van der Waals surface area contributed by atoms with E-state index >= 15 is 0 Å². The first-order chi connectivity index (χ1) is 9.10. The molecule has 0 spiro atoms. The van der Waals surface area contributed by atoms with Gasteiger partial charge in [0.2, 0.25) is 20.0 Å². The van der Waals surface area contributed by atoms with Crippen molar-refractivity contribution in [2.75, 3.05) is 17.0 Å². The van der Waals surface area contributed by atoms with Gasteiger partial charge in [-0.15, -0.1) is 0 Å². The molecule has 0 bridgehead atoms. The Morgan fingerprint density at radius 3 is 2.10 bits per heavy atom. The summed E-state index contributed by atoms with van der Waals surface area (Å²) in [7, 11) is -7.25. The van der Waals surface area contributed by atoms with Crippen molar-refractivity contribution in [2.45, 2.75) is 24.8 Å². The maximum atomic E-state index is 11.8. The van der Waals surface area contributed by atoms with Gasteiger partial charge >= 0.3 is 0 Å². The molecule has 0 unspecified atom stereocenters. The summed E-state index contributed by atoms with van der Waals surface area (Å²) in [6.45, 7) is 4.18. The van der Waals surface area contributed by atoms with E-state index < -0.39 is 20.0 Å². The Bertz CT molecular complexity index is 637. The standard InChI is InChI=1S/C11H19N3O4S2/c1-9(2)13-7-8-19(15,16)14-10-3-5-11(6-4-10)20(12,17)18/h3-6,9,13-14H,7-8H2,1-2H3,(H2,12,17,18). The molecule has 1 aromatic carbocycles. The topological polar surface area (TPSA) is 118 Å². The molecule has 0 aromatic heterocycles. The van der Waals surface area contributed by atoms with Crippen LogP contribution in [0.2, 0.25) is 0 Å². The number of nitrogens with one attached hydrogen (secondary N) is 2. The monoisotopic (exact) mass is 321 g/mol. The van der Waals surface area contributed by atoms with Crippen LogP contribution < -0.4 is 15.2 Å². The normalized spacial score (nSPS) is 12.6. The number of primary sulfonamides is 1. The van der Waals surface area contributed by atoms with Gasteiger partial charge in [-0.2, -0.15) is 0 Å². The van der Waals surface area contributed by atoms with E-state index in [4.69, 9.17) is 5.14 Å². The van der Waals surface area contributed by atoms with Crippen LogP contribution >= 0.6 is 0 Å². The van der Waals surface area contributed by atoms with Gasteiger partial charge in [0.1, 0.15) is 0 Å². The van der Waals surface area contributed by atoms with Crippen LogP contribution in [-0.2, 0) is 20.0 Å². The third-order valence-corrected chi connectivity index (χ3v) is 4.60. The molecule has 7 nitrogen and oxygen atoms in total. The van der Waals surface area contributed by atoms with E-state index in [-0.39, 0.29) is 16.7 Å². The van der Waals surface area contributed by atoms with Crippen LogP contribution in [-0.4, -0.2) is 35.2 Å². The fourth-order valence-electron chi connectivity index (χ4n) is 1.43. The summed E-state index contributed by atoms with van der Waals surface area (Å²) in [5.74, 6) is -0.0673. The fraction of sp³-hybridized carbons (Fsp3) is 0.455. The summed E-state index contributed by atoms with van der Waals surface area (Å²) < 4.78 is 48.0. The van der Waals surface area contributed by atoms with E-state index in [1.54, 1.807) is 0 Å². The number of nitrogens with two attached hydrogens (primary N) is 1. The molecule has 4 N–H and O–H groups in total. The highest BCUT2D eigenvalue weighted by Gasteiger charge is 2.12. The van der Waals surface area contributed by atoms with Crippen LogP contribution in [0.5, 0.6) is 0 Å². The molecule has 0 amide bonds. The highest BCUT2D eigenvalue weighted by molar-refractivity contribution is 7.92. The molecule has 0 aliphatic carbocycles. The van der Waals surface area contributed by atoms with E-state index in [2.05, 4.69) is 10.0 Å². The Hall–Kier alpha value is -1.16. The van der Waals surface area contributed by atoms with E-state index in [1.165, 1.54) is 24.3 Å². The summed E-state index contributed by atoms with van der Waals surface area (Å²) in [6, 6.07) is 5.42. The lowest BCUT2D eigenvalue weighted by Crippen LogP contribution is -2.30. The molecule has 0 saturated heterocycles. The van der Waals surface area contributed by atoms with Gasteiger partial charge in [-0.05, 0) is 24.3 Å². The Kier molecular flexibility index (Phi) is 5.51. The van der Waals surface area contributed by atoms with Crippen molar-refractivity contribution in [2.24, 2.45) is 5.14 Å². The summed E-state index contributed by atoms with van der Waals surface area (Å²) >= 11 is 0. The van der Waals surface area contributed by atoms with Gasteiger partial charge in [-0.25, -0.2) is 22.0 Å². The molecule has 1 rings (SSSR count). The highest BCUT2D eigenvalue weighted by atomic mass is 32.2. The van der Waals surface area contributed by atoms with E-state index in [9.17, 15) is 16.8 Å². The number of anilines is 1. The SMILES string of the molecule is CC(C)NCCS(=O)(=O)Nc1ccc(S(N)(=O)=O)cc1. The van der Waals surface area contributed by atoms with E-state index in [0.717, 1.165) is 0 Å². The summed E-state index contributed by atoms with van der Waals surface area (Å²) in [4.78, 5) is -0.0677. The van der Waals surface area contributed by atoms with Crippen LogP contribution in [0.3, 0.4) is 0 Å². The molecule has 20 heavy (non-hydrogen) atoms. The van der Waals surface area contributed by atoms with Crippen molar-refractivity contribution in [3.63, 3.8) is 0 Å². The zero-order valence-electron chi connectivity index (χ0n) is 11.3. The smallest absolute Gasteiger partial charge is 0.238 e. The molecule has 0 aliphatic heterocycles. The second kappa shape index (κ2) is 6.53. The van der Waals surface area contributed by atoms with Gasteiger partial charge in [-0.3, -0.25) is 4.72 Å². The zero-order valence-corrected chi connectivity index (χ0v) is 13.0. The first kappa shape index (κ1) is 16.9. The minimum absolute atomic E-state index is 0.0673. The molecule has 0 atom stereocenters. The summed E-state index contributed by atoms with van der Waals surface area (Å²) in [5, 5.41) is 7.95. The van der Waals surface area contributed by atoms with Crippen molar-refractivity contribution in [1.29, 1.82) is 0 Å². The predicted octanol–water partition coefficient (Wildman–Crippen LogP) is 0.0737. The second-order valence-corrected chi connectivity index (χ2v) is 8.00. The molecule has 0 saturated carbocycles. The number of sulfonamides is 2. The average Bonchev–Trinajstić information content (AvgIpc) is 2.26. The third kappa shape index (κ3) is 5.87. The Morgan fingerprint density at radius 1 is 1.10 bits per heavy atom. The minimum atomic E-state index is -3.77. The Balaban J connectivity index is 2.68.